The lowest BCUT2D eigenvalue weighted by Crippen LogP contribution is -2.44. The molecule has 3 aliphatic heterocycles. The average Bonchev–Trinajstić information content (AvgIpc) is 3.28. The lowest BCUT2D eigenvalue weighted by molar-refractivity contribution is -0.132. The summed E-state index contributed by atoms with van der Waals surface area (Å²) >= 11 is 0. The Labute approximate surface area is 196 Å². The number of carbonyl (C=O) groups excluding carboxylic acids is 2. The van der Waals surface area contributed by atoms with Crippen LogP contribution in [0.25, 0.3) is 0 Å². The molecule has 33 heavy (non-hydrogen) atoms. The summed E-state index contributed by atoms with van der Waals surface area (Å²) in [7, 11) is 0. The molecule has 1 aromatic carbocycles. The van der Waals surface area contributed by atoms with E-state index in [1.54, 1.807) is 11.1 Å². The van der Waals surface area contributed by atoms with Gasteiger partial charge in [0.05, 0.1) is 6.54 Å². The van der Waals surface area contributed by atoms with E-state index in [0.717, 1.165) is 63.8 Å². The second-order valence-corrected chi connectivity index (χ2v) is 9.54. The van der Waals surface area contributed by atoms with E-state index >= 15 is 0 Å². The van der Waals surface area contributed by atoms with E-state index in [1.165, 1.54) is 36.8 Å². The van der Waals surface area contributed by atoms with Crippen molar-refractivity contribution in [3.05, 3.63) is 47.4 Å². The van der Waals surface area contributed by atoms with Crippen LogP contribution < -0.4 is 4.90 Å². The van der Waals surface area contributed by atoms with Crippen molar-refractivity contribution in [3.63, 3.8) is 0 Å². The Balaban J connectivity index is 1.17. The minimum atomic E-state index is 0.264. The fourth-order valence-corrected chi connectivity index (χ4v) is 5.65. The van der Waals surface area contributed by atoms with E-state index in [4.69, 9.17) is 0 Å². The number of carbonyl (C=O) groups is 1. The van der Waals surface area contributed by atoms with Gasteiger partial charge in [0, 0.05) is 63.4 Å². The maximum atomic E-state index is 13.1. The number of anilines is 1. The van der Waals surface area contributed by atoms with Crippen molar-refractivity contribution in [2.24, 2.45) is 4.99 Å². The van der Waals surface area contributed by atoms with E-state index < -0.39 is 0 Å². The van der Waals surface area contributed by atoms with Gasteiger partial charge in [0.2, 0.25) is 11.7 Å². The van der Waals surface area contributed by atoms with Crippen LogP contribution in [0.3, 0.4) is 0 Å². The van der Waals surface area contributed by atoms with E-state index in [1.807, 2.05) is 24.3 Å². The van der Waals surface area contributed by atoms with Crippen LogP contribution in [-0.2, 0) is 22.6 Å². The molecular formula is C26H33N5O2. The second kappa shape index (κ2) is 10.0. The molecule has 1 amide bonds. The highest BCUT2D eigenvalue weighted by Gasteiger charge is 2.27. The minimum absolute atomic E-state index is 0.264. The number of aliphatic imine (C=N–C) groups is 1. The molecule has 3 heterocycles. The van der Waals surface area contributed by atoms with Gasteiger partial charge in [-0.25, -0.2) is 9.79 Å². The largest absolute Gasteiger partial charge is 0.340 e. The normalized spacial score (nSPS) is 22.4. The van der Waals surface area contributed by atoms with Crippen LogP contribution in [0, 0.1) is 0 Å². The van der Waals surface area contributed by atoms with Crippen molar-refractivity contribution in [1.29, 1.82) is 0 Å². The molecule has 1 saturated heterocycles. The quantitative estimate of drug-likeness (QED) is 0.664. The molecule has 5 rings (SSSR count). The van der Waals surface area contributed by atoms with Crippen LogP contribution in [0.4, 0.5) is 5.69 Å². The topological polar surface area (TPSA) is 59.5 Å². The molecule has 0 unspecified atom stereocenters. The maximum absolute atomic E-state index is 13.1. The first kappa shape index (κ1) is 22.1. The standard InChI is InChI=1S/C26H33N5O2/c32-20-25-27-10-3-13-31(25)24-8-7-22-18-28(14-9-21(22)17-24)19-26(33)30-12-4-11-29(15-16-30)23-5-1-2-6-23/h3,7-8,10,13,17,23H,1-2,4-6,9,11-12,14-16,18-19H2. The summed E-state index contributed by atoms with van der Waals surface area (Å²) in [5.74, 6) is 2.44. The third-order valence-corrected chi connectivity index (χ3v) is 7.48. The Kier molecular flexibility index (Phi) is 6.72. The Morgan fingerprint density at radius 3 is 2.76 bits per heavy atom. The fourth-order valence-electron chi connectivity index (χ4n) is 5.65. The van der Waals surface area contributed by atoms with Crippen molar-refractivity contribution < 1.29 is 9.59 Å². The predicted octanol–water partition coefficient (Wildman–Crippen LogP) is 2.60. The first-order valence-electron chi connectivity index (χ1n) is 12.3. The van der Waals surface area contributed by atoms with Crippen LogP contribution in [0.5, 0.6) is 0 Å². The lowest BCUT2D eigenvalue weighted by Gasteiger charge is -2.31. The summed E-state index contributed by atoms with van der Waals surface area (Å²) in [5, 5.41) is 0. The molecule has 0 aromatic heterocycles. The molecule has 1 aromatic rings. The molecule has 7 heteroatoms. The molecule has 4 aliphatic rings. The SMILES string of the molecule is O=C=C1N=CC=CN1c1ccc2c(c1)CCN(CC(=O)N1CCCN(C3CCCC3)CC1)C2. The molecule has 0 bridgehead atoms. The highest BCUT2D eigenvalue weighted by molar-refractivity contribution is 5.81. The number of allylic oxidation sites excluding steroid dienone is 1. The van der Waals surface area contributed by atoms with Crippen LogP contribution in [0.15, 0.2) is 41.3 Å². The Bertz CT molecular complexity index is 990. The van der Waals surface area contributed by atoms with Crippen LogP contribution in [-0.4, -0.2) is 78.1 Å². The Hall–Kier alpha value is -2.73. The molecule has 0 spiro atoms. The third-order valence-electron chi connectivity index (χ3n) is 7.48. The van der Waals surface area contributed by atoms with Crippen molar-refractivity contribution in [2.45, 2.75) is 51.1 Å². The maximum Gasteiger partial charge on any atom is 0.236 e. The molecule has 1 saturated carbocycles. The first-order valence-corrected chi connectivity index (χ1v) is 12.3. The molecule has 174 valence electrons. The molecule has 7 nitrogen and oxygen atoms in total. The van der Waals surface area contributed by atoms with Crippen LogP contribution in [0.1, 0.15) is 43.2 Å². The van der Waals surface area contributed by atoms with Gasteiger partial charge in [0.15, 0.2) is 5.94 Å². The van der Waals surface area contributed by atoms with Gasteiger partial charge >= 0.3 is 0 Å². The zero-order valence-corrected chi connectivity index (χ0v) is 19.3. The van der Waals surface area contributed by atoms with Gasteiger partial charge in [0.25, 0.3) is 0 Å². The van der Waals surface area contributed by atoms with Gasteiger partial charge in [-0.3, -0.25) is 19.5 Å². The number of hydrogen-bond acceptors (Lipinski definition) is 6. The summed E-state index contributed by atoms with van der Waals surface area (Å²) < 4.78 is 0. The fraction of sp³-hybridized carbons (Fsp3) is 0.538. The Morgan fingerprint density at radius 2 is 1.91 bits per heavy atom. The smallest absolute Gasteiger partial charge is 0.236 e. The van der Waals surface area contributed by atoms with Crippen molar-refractivity contribution >= 4 is 23.8 Å². The lowest BCUT2D eigenvalue weighted by atomic mass is 9.98. The van der Waals surface area contributed by atoms with E-state index in [-0.39, 0.29) is 11.7 Å². The van der Waals surface area contributed by atoms with Gasteiger partial charge in [-0.05, 0) is 55.0 Å². The molecule has 0 atom stereocenters. The van der Waals surface area contributed by atoms with Gasteiger partial charge in [-0.2, -0.15) is 0 Å². The monoisotopic (exact) mass is 447 g/mol. The second-order valence-electron chi connectivity index (χ2n) is 9.54. The predicted molar refractivity (Wildman–Crippen MR) is 130 cm³/mol. The minimum Gasteiger partial charge on any atom is -0.340 e. The third kappa shape index (κ3) is 4.96. The van der Waals surface area contributed by atoms with Gasteiger partial charge in [0.1, 0.15) is 0 Å². The summed E-state index contributed by atoms with van der Waals surface area (Å²) in [6.45, 7) is 6.05. The van der Waals surface area contributed by atoms with Gasteiger partial charge in [-0.1, -0.05) is 18.9 Å². The van der Waals surface area contributed by atoms with E-state index in [9.17, 15) is 9.59 Å². The highest BCUT2D eigenvalue weighted by atomic mass is 16.2. The zero-order valence-electron chi connectivity index (χ0n) is 19.3. The molecular weight excluding hydrogens is 414 g/mol. The Morgan fingerprint density at radius 1 is 1.03 bits per heavy atom. The molecule has 0 radical (unpaired) electrons. The molecule has 0 N–H and O–H groups in total. The van der Waals surface area contributed by atoms with Gasteiger partial charge < -0.3 is 4.90 Å². The summed E-state index contributed by atoms with van der Waals surface area (Å²) in [6, 6.07) is 7.00. The van der Waals surface area contributed by atoms with Gasteiger partial charge in [-0.15, -0.1) is 0 Å². The number of hydrogen-bond donors (Lipinski definition) is 0. The number of amides is 1. The van der Waals surface area contributed by atoms with Crippen LogP contribution >= 0.6 is 0 Å². The first-order chi connectivity index (χ1) is 16.2. The van der Waals surface area contributed by atoms with E-state index in [0.29, 0.717) is 6.54 Å². The number of nitrogens with zero attached hydrogens (tertiary/aromatic N) is 5. The average molecular weight is 448 g/mol. The summed E-state index contributed by atoms with van der Waals surface area (Å²) in [6.07, 6.45) is 12.6. The van der Waals surface area contributed by atoms with Crippen molar-refractivity contribution in [1.82, 2.24) is 14.7 Å². The van der Waals surface area contributed by atoms with Crippen molar-refractivity contribution in [2.75, 3.05) is 44.2 Å². The van der Waals surface area contributed by atoms with Crippen molar-refractivity contribution in [3.8, 4) is 0 Å². The van der Waals surface area contributed by atoms with Crippen LogP contribution in [0.2, 0.25) is 0 Å². The number of benzene rings is 1. The molecule has 1 aliphatic carbocycles. The summed E-state index contributed by atoms with van der Waals surface area (Å²) in [4.78, 5) is 37.1. The molecule has 2 fully saturated rings. The number of fused-ring (bicyclic) bond motifs is 1. The highest BCUT2D eigenvalue weighted by Crippen LogP contribution is 2.28. The van der Waals surface area contributed by atoms with E-state index in [2.05, 4.69) is 31.8 Å². The summed E-state index contributed by atoms with van der Waals surface area (Å²) in [5.41, 5.74) is 3.44. The zero-order chi connectivity index (χ0) is 22.6. The number of rotatable bonds is 4.